The Bertz CT molecular complexity index is 621. The number of thiophene rings is 1. The molecule has 1 aromatic rings. The highest BCUT2D eigenvalue weighted by atomic mass is 32.2. The Balaban J connectivity index is 1.41. The molecule has 2 bridgehead atoms. The molecule has 3 fully saturated rings. The minimum atomic E-state index is -3.34. The lowest BCUT2D eigenvalue weighted by Gasteiger charge is -2.22. The van der Waals surface area contributed by atoms with E-state index in [-0.39, 0.29) is 6.04 Å². The molecule has 6 heteroatoms. The Labute approximate surface area is 130 Å². The van der Waals surface area contributed by atoms with Crippen molar-refractivity contribution in [2.24, 2.45) is 11.8 Å². The highest BCUT2D eigenvalue weighted by Gasteiger charge is 2.41. The van der Waals surface area contributed by atoms with Gasteiger partial charge in [-0.1, -0.05) is 6.42 Å². The maximum Gasteiger partial charge on any atom is 0.241 e. The second-order valence-corrected chi connectivity index (χ2v) is 9.52. The van der Waals surface area contributed by atoms with Gasteiger partial charge in [0.1, 0.15) is 0 Å². The number of sulfonamides is 1. The molecule has 3 saturated carbocycles. The van der Waals surface area contributed by atoms with E-state index in [0.29, 0.717) is 16.9 Å². The van der Waals surface area contributed by atoms with Crippen molar-refractivity contribution in [2.45, 2.75) is 62.0 Å². The van der Waals surface area contributed by atoms with Crippen molar-refractivity contribution in [2.75, 3.05) is 0 Å². The summed E-state index contributed by atoms with van der Waals surface area (Å²) in [6.07, 6.45) is 7.23. The van der Waals surface area contributed by atoms with Gasteiger partial charge in [-0.05, 0) is 50.0 Å². The standard InChI is InChI=1S/C15H22N2O2S2/c18-21(19,17-15-6-10-1-2-11(15)5-10)14-7-13(20-9-14)8-16-12-3-4-12/h7,9-12,15-17H,1-6,8H2. The molecule has 0 amide bonds. The summed E-state index contributed by atoms with van der Waals surface area (Å²) in [5.41, 5.74) is 0. The van der Waals surface area contributed by atoms with Crippen molar-refractivity contribution in [1.29, 1.82) is 0 Å². The van der Waals surface area contributed by atoms with Crippen LogP contribution in [0.25, 0.3) is 0 Å². The summed E-state index contributed by atoms with van der Waals surface area (Å²) in [4.78, 5) is 1.55. The molecular formula is C15H22N2O2S2. The third-order valence-electron chi connectivity index (χ3n) is 5.13. The van der Waals surface area contributed by atoms with Crippen molar-refractivity contribution in [1.82, 2.24) is 10.0 Å². The van der Waals surface area contributed by atoms with Gasteiger partial charge in [0.25, 0.3) is 0 Å². The minimum Gasteiger partial charge on any atom is -0.309 e. The predicted octanol–water partition coefficient (Wildman–Crippen LogP) is 2.47. The zero-order valence-corrected chi connectivity index (χ0v) is 13.7. The van der Waals surface area contributed by atoms with E-state index in [0.717, 1.165) is 23.8 Å². The number of rotatable bonds is 6. The van der Waals surface area contributed by atoms with Gasteiger partial charge in [0.2, 0.25) is 10.0 Å². The first-order valence-corrected chi connectivity index (χ1v) is 10.3. The second-order valence-electron chi connectivity index (χ2n) is 6.81. The van der Waals surface area contributed by atoms with Crippen LogP contribution < -0.4 is 10.0 Å². The Morgan fingerprint density at radius 1 is 1.19 bits per heavy atom. The minimum absolute atomic E-state index is 0.168. The summed E-state index contributed by atoms with van der Waals surface area (Å²) in [6.45, 7) is 0.791. The number of hydrogen-bond donors (Lipinski definition) is 2. The van der Waals surface area contributed by atoms with E-state index in [1.54, 1.807) is 5.38 Å². The second kappa shape index (κ2) is 5.33. The van der Waals surface area contributed by atoms with Crippen LogP contribution in [0.3, 0.4) is 0 Å². The molecule has 1 aromatic heterocycles. The van der Waals surface area contributed by atoms with E-state index in [2.05, 4.69) is 10.0 Å². The normalized spacial score (nSPS) is 31.9. The van der Waals surface area contributed by atoms with Crippen LogP contribution in [-0.2, 0) is 16.6 Å². The molecule has 3 atom stereocenters. The third kappa shape index (κ3) is 3.04. The monoisotopic (exact) mass is 326 g/mol. The fourth-order valence-corrected chi connectivity index (χ4v) is 6.33. The molecule has 4 rings (SSSR count). The van der Waals surface area contributed by atoms with E-state index in [9.17, 15) is 8.42 Å². The van der Waals surface area contributed by atoms with Crippen LogP contribution in [0.2, 0.25) is 0 Å². The zero-order chi connectivity index (χ0) is 14.4. The molecule has 1 heterocycles. The zero-order valence-electron chi connectivity index (χ0n) is 12.0. The Hall–Kier alpha value is -0.430. The summed E-state index contributed by atoms with van der Waals surface area (Å²) in [5.74, 6) is 1.32. The van der Waals surface area contributed by atoms with Crippen molar-refractivity contribution in [3.63, 3.8) is 0 Å². The highest BCUT2D eigenvalue weighted by Crippen LogP contribution is 2.44. The molecule has 3 unspecified atom stereocenters. The van der Waals surface area contributed by atoms with Gasteiger partial charge < -0.3 is 5.32 Å². The Kier molecular flexibility index (Phi) is 3.60. The maximum absolute atomic E-state index is 12.5. The molecule has 4 nitrogen and oxygen atoms in total. The number of hydrogen-bond acceptors (Lipinski definition) is 4. The lowest BCUT2D eigenvalue weighted by molar-refractivity contribution is 0.390. The fourth-order valence-electron chi connectivity index (χ4n) is 3.78. The van der Waals surface area contributed by atoms with Gasteiger partial charge in [-0.2, -0.15) is 0 Å². The van der Waals surface area contributed by atoms with Crippen molar-refractivity contribution in [3.05, 3.63) is 16.3 Å². The SMILES string of the molecule is O=S(=O)(NC1CC2CCC1C2)c1csc(CNC2CC2)c1. The summed E-state index contributed by atoms with van der Waals surface area (Å²) < 4.78 is 28.0. The molecule has 0 aromatic carbocycles. The molecule has 2 N–H and O–H groups in total. The molecule has 0 saturated heterocycles. The van der Waals surface area contributed by atoms with Crippen LogP contribution in [0.15, 0.2) is 16.3 Å². The van der Waals surface area contributed by atoms with Crippen molar-refractivity contribution < 1.29 is 8.42 Å². The van der Waals surface area contributed by atoms with Gasteiger partial charge >= 0.3 is 0 Å². The number of nitrogens with one attached hydrogen (secondary N) is 2. The van der Waals surface area contributed by atoms with Gasteiger partial charge in [-0.25, -0.2) is 13.1 Å². The van der Waals surface area contributed by atoms with E-state index >= 15 is 0 Å². The van der Waals surface area contributed by atoms with Gasteiger partial charge in [0.05, 0.1) is 4.90 Å². The van der Waals surface area contributed by atoms with E-state index in [4.69, 9.17) is 0 Å². The molecule has 21 heavy (non-hydrogen) atoms. The lowest BCUT2D eigenvalue weighted by atomic mass is 9.96. The lowest BCUT2D eigenvalue weighted by Crippen LogP contribution is -2.38. The van der Waals surface area contributed by atoms with Crippen molar-refractivity contribution >= 4 is 21.4 Å². The largest absolute Gasteiger partial charge is 0.309 e. The average molecular weight is 326 g/mol. The molecule has 116 valence electrons. The first kappa shape index (κ1) is 14.2. The summed E-state index contributed by atoms with van der Waals surface area (Å²) in [5, 5.41) is 5.21. The smallest absolute Gasteiger partial charge is 0.241 e. The van der Waals surface area contributed by atoms with Crippen LogP contribution in [-0.4, -0.2) is 20.5 Å². The van der Waals surface area contributed by atoms with Gasteiger partial charge in [-0.3, -0.25) is 0 Å². The number of fused-ring (bicyclic) bond motifs is 2. The Morgan fingerprint density at radius 2 is 2.05 bits per heavy atom. The van der Waals surface area contributed by atoms with Crippen LogP contribution in [0.4, 0.5) is 0 Å². The van der Waals surface area contributed by atoms with E-state index < -0.39 is 10.0 Å². The topological polar surface area (TPSA) is 58.2 Å². The average Bonchev–Trinajstić information content (AvgIpc) is 2.89. The molecule has 3 aliphatic rings. The van der Waals surface area contributed by atoms with Crippen LogP contribution in [0.1, 0.15) is 43.4 Å². The molecule has 0 aliphatic heterocycles. The van der Waals surface area contributed by atoms with Crippen molar-refractivity contribution in [3.8, 4) is 0 Å². The maximum atomic E-state index is 12.5. The molecule has 3 aliphatic carbocycles. The summed E-state index contributed by atoms with van der Waals surface area (Å²) in [6, 6.07) is 2.65. The summed E-state index contributed by atoms with van der Waals surface area (Å²) >= 11 is 1.54. The van der Waals surface area contributed by atoms with Gasteiger partial charge in [0, 0.05) is 28.9 Å². The first-order valence-electron chi connectivity index (χ1n) is 7.93. The van der Waals surface area contributed by atoms with Gasteiger partial charge in [0.15, 0.2) is 0 Å². The highest BCUT2D eigenvalue weighted by molar-refractivity contribution is 7.89. The summed E-state index contributed by atoms with van der Waals surface area (Å²) in [7, 11) is -3.34. The van der Waals surface area contributed by atoms with Crippen LogP contribution in [0, 0.1) is 11.8 Å². The van der Waals surface area contributed by atoms with Crippen LogP contribution in [0.5, 0.6) is 0 Å². The predicted molar refractivity (Wildman–Crippen MR) is 83.7 cm³/mol. The quantitative estimate of drug-likeness (QED) is 0.844. The van der Waals surface area contributed by atoms with Gasteiger partial charge in [-0.15, -0.1) is 11.3 Å². The Morgan fingerprint density at radius 3 is 2.71 bits per heavy atom. The molecule has 0 spiro atoms. The van der Waals surface area contributed by atoms with E-state index in [1.165, 1.54) is 43.4 Å². The molecule has 0 radical (unpaired) electrons. The van der Waals surface area contributed by atoms with E-state index in [1.807, 2.05) is 6.07 Å². The molecular weight excluding hydrogens is 304 g/mol. The van der Waals surface area contributed by atoms with Crippen LogP contribution >= 0.6 is 11.3 Å². The first-order chi connectivity index (χ1) is 10.1. The fraction of sp³-hybridized carbons (Fsp3) is 0.733. The third-order valence-corrected chi connectivity index (χ3v) is 7.68.